The van der Waals surface area contributed by atoms with Gasteiger partial charge in [-0.25, -0.2) is 0 Å². The summed E-state index contributed by atoms with van der Waals surface area (Å²) in [6.45, 7) is 0.487. The van der Waals surface area contributed by atoms with Crippen molar-refractivity contribution in [2.75, 3.05) is 6.61 Å². The van der Waals surface area contributed by atoms with Gasteiger partial charge in [-0.05, 0) is 17.7 Å². The third-order valence-electron chi connectivity index (χ3n) is 2.49. The van der Waals surface area contributed by atoms with Crippen molar-refractivity contribution < 1.29 is 4.74 Å². The average Bonchev–Trinajstić information content (AvgIpc) is 2.75. The zero-order valence-electron chi connectivity index (χ0n) is 9.93. The summed E-state index contributed by atoms with van der Waals surface area (Å²) in [5.41, 5.74) is 1.48. The van der Waals surface area contributed by atoms with Crippen molar-refractivity contribution in [1.82, 2.24) is 9.78 Å². The molecule has 1 aromatic carbocycles. The predicted molar refractivity (Wildman–Crippen MR) is 68.6 cm³/mol. The van der Waals surface area contributed by atoms with E-state index < -0.39 is 0 Å². The molecule has 0 atom stereocenters. The molecule has 0 amide bonds. The molecule has 0 radical (unpaired) electrons. The van der Waals surface area contributed by atoms with Gasteiger partial charge in [0.1, 0.15) is 17.4 Å². The Morgan fingerprint density at radius 1 is 1.50 bits per heavy atom. The first kappa shape index (κ1) is 12.5. The molecule has 0 unspecified atom stereocenters. The SMILES string of the molecule is Cn1cc(CCOc2cccc(Cl)c2C#N)cn1. The van der Waals surface area contributed by atoms with Crippen LogP contribution in [0.1, 0.15) is 11.1 Å². The molecule has 2 rings (SSSR count). The van der Waals surface area contributed by atoms with E-state index >= 15 is 0 Å². The second-order valence-corrected chi connectivity index (χ2v) is 4.25. The van der Waals surface area contributed by atoms with Crippen molar-refractivity contribution in [2.24, 2.45) is 7.05 Å². The fourth-order valence-corrected chi connectivity index (χ4v) is 1.82. The fraction of sp³-hybridized carbons (Fsp3) is 0.231. The first-order chi connectivity index (χ1) is 8.70. The van der Waals surface area contributed by atoms with Gasteiger partial charge >= 0.3 is 0 Å². The maximum atomic E-state index is 8.99. The van der Waals surface area contributed by atoms with Crippen LogP contribution in [0.5, 0.6) is 5.75 Å². The largest absolute Gasteiger partial charge is 0.492 e. The molecule has 1 heterocycles. The lowest BCUT2D eigenvalue weighted by Gasteiger charge is -2.07. The number of rotatable bonds is 4. The van der Waals surface area contributed by atoms with Gasteiger partial charge in [-0.2, -0.15) is 10.4 Å². The maximum Gasteiger partial charge on any atom is 0.138 e. The normalized spacial score (nSPS) is 10.1. The Kier molecular flexibility index (Phi) is 3.85. The van der Waals surface area contributed by atoms with Crippen LogP contribution < -0.4 is 4.74 Å². The molecule has 0 saturated carbocycles. The van der Waals surface area contributed by atoms with Gasteiger partial charge in [0.25, 0.3) is 0 Å². The Balaban J connectivity index is 1.99. The van der Waals surface area contributed by atoms with E-state index in [-0.39, 0.29) is 0 Å². The number of hydrogen-bond donors (Lipinski definition) is 0. The number of nitrogens with zero attached hydrogens (tertiary/aromatic N) is 3. The van der Waals surface area contributed by atoms with Gasteiger partial charge in [-0.1, -0.05) is 17.7 Å². The Morgan fingerprint density at radius 3 is 3.00 bits per heavy atom. The highest BCUT2D eigenvalue weighted by molar-refractivity contribution is 6.31. The first-order valence-electron chi connectivity index (χ1n) is 5.49. The van der Waals surface area contributed by atoms with Crippen LogP contribution in [0.3, 0.4) is 0 Å². The van der Waals surface area contributed by atoms with Gasteiger partial charge in [-0.3, -0.25) is 4.68 Å². The lowest BCUT2D eigenvalue weighted by molar-refractivity contribution is 0.321. The van der Waals surface area contributed by atoms with Crippen molar-refractivity contribution in [2.45, 2.75) is 6.42 Å². The molecular formula is C13H12ClN3O. The summed E-state index contributed by atoms with van der Waals surface area (Å²) in [7, 11) is 1.87. The van der Waals surface area contributed by atoms with E-state index in [0.29, 0.717) is 22.9 Å². The molecule has 4 nitrogen and oxygen atoms in total. The molecule has 18 heavy (non-hydrogen) atoms. The van der Waals surface area contributed by atoms with Gasteiger partial charge in [0.05, 0.1) is 17.8 Å². The summed E-state index contributed by atoms with van der Waals surface area (Å²) in [6.07, 6.45) is 4.48. The van der Waals surface area contributed by atoms with Crippen molar-refractivity contribution in [1.29, 1.82) is 5.26 Å². The van der Waals surface area contributed by atoms with Gasteiger partial charge in [0.15, 0.2) is 0 Å². The van der Waals surface area contributed by atoms with Crippen LogP contribution in [0.4, 0.5) is 0 Å². The number of hydrogen-bond acceptors (Lipinski definition) is 3. The van der Waals surface area contributed by atoms with E-state index in [0.717, 1.165) is 12.0 Å². The van der Waals surface area contributed by atoms with Gasteiger partial charge in [0, 0.05) is 19.7 Å². The topological polar surface area (TPSA) is 50.8 Å². The smallest absolute Gasteiger partial charge is 0.138 e. The Bertz CT molecular complexity index is 586. The van der Waals surface area contributed by atoms with Crippen LogP contribution >= 0.6 is 11.6 Å². The predicted octanol–water partition coefficient (Wildman–Crippen LogP) is 2.57. The number of aryl methyl sites for hydroxylation is 1. The molecule has 0 aliphatic carbocycles. The summed E-state index contributed by atoms with van der Waals surface area (Å²) in [4.78, 5) is 0. The molecule has 92 valence electrons. The fourth-order valence-electron chi connectivity index (χ4n) is 1.61. The number of ether oxygens (including phenoxy) is 1. The van der Waals surface area contributed by atoms with E-state index in [9.17, 15) is 0 Å². The third-order valence-corrected chi connectivity index (χ3v) is 2.81. The summed E-state index contributed by atoms with van der Waals surface area (Å²) in [6, 6.07) is 7.23. The standard InChI is InChI=1S/C13H12ClN3O/c1-17-9-10(8-16-17)5-6-18-13-4-2-3-12(14)11(13)7-15/h2-4,8-9H,5-6H2,1H3. The Hall–Kier alpha value is -1.99. The second kappa shape index (κ2) is 5.56. The van der Waals surface area contributed by atoms with Crippen molar-refractivity contribution >= 4 is 11.6 Å². The zero-order valence-corrected chi connectivity index (χ0v) is 10.7. The van der Waals surface area contributed by atoms with Gasteiger partial charge < -0.3 is 4.74 Å². The zero-order chi connectivity index (χ0) is 13.0. The quantitative estimate of drug-likeness (QED) is 0.850. The Morgan fingerprint density at radius 2 is 2.33 bits per heavy atom. The second-order valence-electron chi connectivity index (χ2n) is 3.85. The van der Waals surface area contributed by atoms with E-state index in [1.807, 2.05) is 19.3 Å². The molecule has 0 spiro atoms. The highest BCUT2D eigenvalue weighted by Crippen LogP contribution is 2.25. The highest BCUT2D eigenvalue weighted by atomic mass is 35.5. The molecular weight excluding hydrogens is 250 g/mol. The first-order valence-corrected chi connectivity index (χ1v) is 5.87. The molecule has 5 heteroatoms. The van der Waals surface area contributed by atoms with Crippen LogP contribution in [0.2, 0.25) is 5.02 Å². The number of benzene rings is 1. The van der Waals surface area contributed by atoms with Crippen LogP contribution in [-0.2, 0) is 13.5 Å². The van der Waals surface area contributed by atoms with Gasteiger partial charge in [-0.15, -0.1) is 0 Å². The van der Waals surface area contributed by atoms with Gasteiger partial charge in [0.2, 0.25) is 0 Å². The molecule has 0 bridgehead atoms. The monoisotopic (exact) mass is 261 g/mol. The molecule has 2 aromatic rings. The van der Waals surface area contributed by atoms with Crippen molar-refractivity contribution in [3.05, 3.63) is 46.7 Å². The average molecular weight is 262 g/mol. The van der Waals surface area contributed by atoms with E-state index in [4.69, 9.17) is 21.6 Å². The number of aromatic nitrogens is 2. The minimum atomic E-state index is 0.380. The van der Waals surface area contributed by atoms with Crippen LogP contribution in [0.25, 0.3) is 0 Å². The van der Waals surface area contributed by atoms with Crippen LogP contribution in [0.15, 0.2) is 30.6 Å². The summed E-state index contributed by atoms with van der Waals surface area (Å²) < 4.78 is 7.32. The summed E-state index contributed by atoms with van der Waals surface area (Å²) in [5.74, 6) is 0.522. The lowest BCUT2D eigenvalue weighted by atomic mass is 10.2. The minimum Gasteiger partial charge on any atom is -0.492 e. The number of halogens is 1. The van der Waals surface area contributed by atoms with E-state index in [1.165, 1.54) is 0 Å². The molecule has 0 aliphatic rings. The third kappa shape index (κ3) is 2.82. The van der Waals surface area contributed by atoms with Crippen LogP contribution in [0, 0.1) is 11.3 Å². The summed E-state index contributed by atoms with van der Waals surface area (Å²) in [5, 5.41) is 13.5. The highest BCUT2D eigenvalue weighted by Gasteiger charge is 2.07. The molecule has 0 fully saturated rings. The van der Waals surface area contributed by atoms with Crippen molar-refractivity contribution in [3.63, 3.8) is 0 Å². The minimum absolute atomic E-state index is 0.380. The molecule has 0 aliphatic heterocycles. The summed E-state index contributed by atoms with van der Waals surface area (Å²) >= 11 is 5.91. The van der Waals surface area contributed by atoms with Crippen molar-refractivity contribution in [3.8, 4) is 11.8 Å². The molecule has 1 aromatic heterocycles. The maximum absolute atomic E-state index is 8.99. The van der Waals surface area contributed by atoms with Crippen LogP contribution in [-0.4, -0.2) is 16.4 Å². The van der Waals surface area contributed by atoms with E-state index in [2.05, 4.69) is 5.10 Å². The Labute approximate surface area is 110 Å². The molecule has 0 saturated heterocycles. The number of nitriles is 1. The molecule has 0 N–H and O–H groups in total. The lowest BCUT2D eigenvalue weighted by Crippen LogP contribution is -2.02. The van der Waals surface area contributed by atoms with E-state index in [1.54, 1.807) is 29.1 Å².